The highest BCUT2D eigenvalue weighted by molar-refractivity contribution is 5.92. The van der Waals surface area contributed by atoms with Crippen molar-refractivity contribution in [3.8, 4) is 17.0 Å². The van der Waals surface area contributed by atoms with Gasteiger partial charge >= 0.3 is 0 Å². The molecule has 0 radical (unpaired) electrons. The van der Waals surface area contributed by atoms with Crippen LogP contribution in [0.15, 0.2) is 60.7 Å². The molecule has 3 aromatic rings. The van der Waals surface area contributed by atoms with Crippen molar-refractivity contribution in [2.24, 2.45) is 0 Å². The maximum atomic E-state index is 12.2. The van der Waals surface area contributed by atoms with Gasteiger partial charge in [-0.25, -0.2) is 0 Å². The Morgan fingerprint density at radius 1 is 1.00 bits per heavy atom. The highest BCUT2D eigenvalue weighted by Gasteiger charge is 2.13. The van der Waals surface area contributed by atoms with Gasteiger partial charge in [0.25, 0.3) is 5.91 Å². The van der Waals surface area contributed by atoms with Gasteiger partial charge in [-0.1, -0.05) is 38.1 Å². The molecule has 0 aliphatic carbocycles. The molecule has 4 rings (SSSR count). The highest BCUT2D eigenvalue weighted by Crippen LogP contribution is 2.22. The average molecular weight is 433 g/mol. The number of carbonyl (C=O) groups excluding carboxylic acids is 1. The fourth-order valence-electron chi connectivity index (χ4n) is 3.46. The number of morpholine rings is 1. The van der Waals surface area contributed by atoms with Gasteiger partial charge in [0.1, 0.15) is 5.75 Å². The van der Waals surface area contributed by atoms with Gasteiger partial charge in [-0.3, -0.25) is 4.79 Å². The van der Waals surface area contributed by atoms with E-state index in [4.69, 9.17) is 9.47 Å². The number of nitrogens with zero attached hydrogens (tertiary/aromatic N) is 3. The molecule has 0 saturated carbocycles. The fourth-order valence-corrected chi connectivity index (χ4v) is 3.46. The summed E-state index contributed by atoms with van der Waals surface area (Å²) < 4.78 is 11.0. The predicted molar refractivity (Wildman–Crippen MR) is 125 cm³/mol. The topological polar surface area (TPSA) is 76.6 Å². The van der Waals surface area contributed by atoms with E-state index < -0.39 is 0 Å². The first-order valence-electron chi connectivity index (χ1n) is 10.9. The number of hydrogen-bond donors (Lipinski definition) is 1. The Bertz CT molecular complexity index is 1010. The summed E-state index contributed by atoms with van der Waals surface area (Å²) in [5, 5.41) is 11.6. The summed E-state index contributed by atoms with van der Waals surface area (Å²) in [6.07, 6.45) is 0. The largest absolute Gasteiger partial charge is 0.484 e. The Labute approximate surface area is 188 Å². The minimum Gasteiger partial charge on any atom is -0.484 e. The molecule has 1 N–H and O–H groups in total. The number of amides is 1. The average Bonchev–Trinajstić information content (AvgIpc) is 2.84. The van der Waals surface area contributed by atoms with Crippen LogP contribution in [0.4, 0.5) is 11.5 Å². The molecule has 1 amide bonds. The summed E-state index contributed by atoms with van der Waals surface area (Å²) >= 11 is 0. The Kier molecular flexibility index (Phi) is 6.97. The fraction of sp³-hybridized carbons (Fsp3) is 0.320. The SMILES string of the molecule is CC(C)c1ccc(OCC(=O)Nc2ccc(-c3ccc(N4CCOCC4)nn3)cc2)cc1. The van der Waals surface area contributed by atoms with Crippen LogP contribution in [0.25, 0.3) is 11.3 Å². The molecule has 166 valence electrons. The summed E-state index contributed by atoms with van der Waals surface area (Å²) in [5.74, 6) is 1.79. The molecule has 0 atom stereocenters. The van der Waals surface area contributed by atoms with Crippen molar-refractivity contribution in [3.63, 3.8) is 0 Å². The van der Waals surface area contributed by atoms with Crippen LogP contribution >= 0.6 is 0 Å². The van der Waals surface area contributed by atoms with Gasteiger partial charge in [0, 0.05) is 24.3 Å². The summed E-state index contributed by atoms with van der Waals surface area (Å²) in [7, 11) is 0. The van der Waals surface area contributed by atoms with Gasteiger partial charge in [-0.2, -0.15) is 0 Å². The molecule has 0 unspecified atom stereocenters. The maximum absolute atomic E-state index is 12.2. The first kappa shape index (κ1) is 21.8. The van der Waals surface area contributed by atoms with Crippen LogP contribution in [-0.4, -0.2) is 49.0 Å². The van der Waals surface area contributed by atoms with Gasteiger partial charge in [0.05, 0.1) is 18.9 Å². The van der Waals surface area contributed by atoms with Crippen molar-refractivity contribution in [2.45, 2.75) is 19.8 Å². The summed E-state index contributed by atoms with van der Waals surface area (Å²) in [6.45, 7) is 7.32. The van der Waals surface area contributed by atoms with Gasteiger partial charge < -0.3 is 19.7 Å². The minimum atomic E-state index is -0.208. The molecule has 1 aliphatic heterocycles. The van der Waals surface area contributed by atoms with E-state index in [2.05, 4.69) is 34.3 Å². The smallest absolute Gasteiger partial charge is 0.262 e. The van der Waals surface area contributed by atoms with E-state index in [0.717, 1.165) is 30.2 Å². The van der Waals surface area contributed by atoms with E-state index in [-0.39, 0.29) is 12.5 Å². The second-order valence-corrected chi connectivity index (χ2v) is 8.01. The van der Waals surface area contributed by atoms with Gasteiger partial charge in [0.15, 0.2) is 12.4 Å². The molecular weight excluding hydrogens is 404 g/mol. The van der Waals surface area contributed by atoms with Crippen molar-refractivity contribution >= 4 is 17.4 Å². The van der Waals surface area contributed by atoms with Crippen LogP contribution in [-0.2, 0) is 9.53 Å². The Morgan fingerprint density at radius 3 is 2.34 bits per heavy atom. The molecular formula is C25H28N4O3. The quantitative estimate of drug-likeness (QED) is 0.605. The van der Waals surface area contributed by atoms with Crippen molar-refractivity contribution in [1.82, 2.24) is 10.2 Å². The molecule has 2 aromatic carbocycles. The number of carbonyl (C=O) groups is 1. The predicted octanol–water partition coefficient (Wildman–Crippen LogP) is 4.12. The monoisotopic (exact) mass is 432 g/mol. The van der Waals surface area contributed by atoms with Crippen LogP contribution < -0.4 is 15.0 Å². The number of hydrogen-bond acceptors (Lipinski definition) is 6. The molecule has 7 heteroatoms. The van der Waals surface area contributed by atoms with E-state index in [9.17, 15) is 4.79 Å². The lowest BCUT2D eigenvalue weighted by Gasteiger charge is -2.27. The van der Waals surface area contributed by atoms with E-state index >= 15 is 0 Å². The highest BCUT2D eigenvalue weighted by atomic mass is 16.5. The lowest BCUT2D eigenvalue weighted by Crippen LogP contribution is -2.36. The molecule has 2 heterocycles. The molecule has 32 heavy (non-hydrogen) atoms. The number of benzene rings is 2. The zero-order valence-corrected chi connectivity index (χ0v) is 18.5. The maximum Gasteiger partial charge on any atom is 0.262 e. The van der Waals surface area contributed by atoms with Crippen LogP contribution in [0.3, 0.4) is 0 Å². The van der Waals surface area contributed by atoms with Gasteiger partial charge in [-0.05, 0) is 47.9 Å². The zero-order chi connectivity index (χ0) is 22.3. The minimum absolute atomic E-state index is 0.0444. The molecule has 1 aliphatic rings. The third-order valence-electron chi connectivity index (χ3n) is 5.37. The summed E-state index contributed by atoms with van der Waals surface area (Å²) in [4.78, 5) is 14.4. The molecule has 0 bridgehead atoms. The first-order valence-corrected chi connectivity index (χ1v) is 10.9. The van der Waals surface area contributed by atoms with E-state index in [1.807, 2.05) is 60.7 Å². The second-order valence-electron chi connectivity index (χ2n) is 8.01. The number of ether oxygens (including phenoxy) is 2. The van der Waals surface area contributed by atoms with E-state index in [0.29, 0.717) is 30.6 Å². The normalized spacial score (nSPS) is 13.8. The Balaban J connectivity index is 1.29. The van der Waals surface area contributed by atoms with Crippen LogP contribution in [0, 0.1) is 0 Å². The third kappa shape index (κ3) is 5.62. The summed E-state index contributed by atoms with van der Waals surface area (Å²) in [6, 6.07) is 19.3. The van der Waals surface area contributed by atoms with E-state index in [1.165, 1.54) is 5.56 Å². The second kappa shape index (κ2) is 10.2. The van der Waals surface area contributed by atoms with Crippen LogP contribution in [0.1, 0.15) is 25.3 Å². The van der Waals surface area contributed by atoms with Crippen molar-refractivity contribution in [2.75, 3.05) is 43.1 Å². The van der Waals surface area contributed by atoms with Gasteiger partial charge in [0.2, 0.25) is 0 Å². The van der Waals surface area contributed by atoms with Crippen LogP contribution in [0.2, 0.25) is 0 Å². The lowest BCUT2D eigenvalue weighted by atomic mass is 10.0. The molecule has 1 fully saturated rings. The third-order valence-corrected chi connectivity index (χ3v) is 5.37. The van der Waals surface area contributed by atoms with Crippen molar-refractivity contribution in [3.05, 3.63) is 66.2 Å². The number of anilines is 2. The molecule has 1 saturated heterocycles. The van der Waals surface area contributed by atoms with Crippen LogP contribution in [0.5, 0.6) is 5.75 Å². The Hall–Kier alpha value is -3.45. The molecule has 7 nitrogen and oxygen atoms in total. The first-order chi connectivity index (χ1) is 15.6. The van der Waals surface area contributed by atoms with E-state index in [1.54, 1.807) is 0 Å². The molecule has 0 spiro atoms. The lowest BCUT2D eigenvalue weighted by molar-refractivity contribution is -0.118. The standard InChI is InChI=1S/C25H28N4O3/c1-18(2)19-5-9-22(10-6-19)32-17-25(30)26-21-7-3-20(4-8-21)23-11-12-24(28-27-23)29-13-15-31-16-14-29/h3-12,18H,13-17H2,1-2H3,(H,26,30). The van der Waals surface area contributed by atoms with Crippen molar-refractivity contribution < 1.29 is 14.3 Å². The molecule has 1 aromatic heterocycles. The summed E-state index contributed by atoms with van der Waals surface area (Å²) in [5.41, 5.74) is 3.66. The van der Waals surface area contributed by atoms with Crippen molar-refractivity contribution in [1.29, 1.82) is 0 Å². The Morgan fingerprint density at radius 2 is 1.72 bits per heavy atom. The number of nitrogens with one attached hydrogen (secondary N) is 1. The van der Waals surface area contributed by atoms with Gasteiger partial charge in [-0.15, -0.1) is 10.2 Å². The zero-order valence-electron chi connectivity index (χ0n) is 18.5. The number of aromatic nitrogens is 2. The number of rotatable bonds is 7.